The van der Waals surface area contributed by atoms with Gasteiger partial charge in [-0.3, -0.25) is 4.98 Å². The van der Waals surface area contributed by atoms with E-state index in [0.717, 1.165) is 27.8 Å². The topological polar surface area (TPSA) is 63.8 Å². The van der Waals surface area contributed by atoms with Crippen molar-refractivity contribution < 1.29 is 0 Å². The number of benzene rings is 1. The minimum Gasteiger partial charge on any atom is -0.397 e. The van der Waals surface area contributed by atoms with Gasteiger partial charge in [-0.25, -0.2) is 4.98 Å². The molecule has 2 heterocycles. The highest BCUT2D eigenvalue weighted by atomic mass is 15.0. The van der Waals surface area contributed by atoms with Crippen LogP contribution in [0.15, 0.2) is 48.9 Å². The molecule has 3 N–H and O–H groups in total. The Morgan fingerprint density at radius 1 is 1.16 bits per heavy atom. The number of aryl methyl sites for hydroxylation is 1. The zero-order chi connectivity index (χ0) is 13.2. The molecule has 0 fully saturated rings. The van der Waals surface area contributed by atoms with Crippen molar-refractivity contribution in [1.82, 2.24) is 9.97 Å². The van der Waals surface area contributed by atoms with Gasteiger partial charge in [0.15, 0.2) is 0 Å². The van der Waals surface area contributed by atoms with Crippen molar-refractivity contribution in [3.63, 3.8) is 0 Å². The molecular formula is C15H14N4. The molecule has 0 amide bonds. The highest BCUT2D eigenvalue weighted by molar-refractivity contribution is 5.94. The van der Waals surface area contributed by atoms with E-state index in [0.29, 0.717) is 5.69 Å². The van der Waals surface area contributed by atoms with Crippen LogP contribution in [-0.2, 0) is 0 Å². The molecule has 94 valence electrons. The van der Waals surface area contributed by atoms with Gasteiger partial charge in [-0.1, -0.05) is 12.1 Å². The number of nitrogens with zero attached hydrogens (tertiary/aromatic N) is 2. The molecule has 0 bridgehead atoms. The minimum absolute atomic E-state index is 0.702. The molecule has 0 aliphatic rings. The Labute approximate surface area is 111 Å². The summed E-state index contributed by atoms with van der Waals surface area (Å²) >= 11 is 0. The molecule has 1 aromatic carbocycles. The molecule has 4 heteroatoms. The van der Waals surface area contributed by atoms with E-state index >= 15 is 0 Å². The number of pyridine rings is 2. The summed E-state index contributed by atoms with van der Waals surface area (Å²) in [5.74, 6) is 0.788. The van der Waals surface area contributed by atoms with Gasteiger partial charge in [0.2, 0.25) is 0 Å². The monoisotopic (exact) mass is 250 g/mol. The third-order valence-corrected chi connectivity index (χ3v) is 3.09. The first-order valence-corrected chi connectivity index (χ1v) is 6.06. The molecule has 0 radical (unpaired) electrons. The number of nitrogens with two attached hydrogens (primary N) is 1. The summed E-state index contributed by atoms with van der Waals surface area (Å²) in [6.07, 6.45) is 5.31. The summed E-state index contributed by atoms with van der Waals surface area (Å²) in [7, 11) is 0. The van der Waals surface area contributed by atoms with Crippen LogP contribution in [0.2, 0.25) is 0 Å². The van der Waals surface area contributed by atoms with E-state index in [9.17, 15) is 0 Å². The molecule has 0 atom stereocenters. The lowest BCUT2D eigenvalue weighted by molar-refractivity contribution is 1.28. The lowest BCUT2D eigenvalue weighted by Crippen LogP contribution is -1.97. The maximum absolute atomic E-state index is 5.77. The Morgan fingerprint density at radius 3 is 2.89 bits per heavy atom. The first kappa shape index (κ1) is 11.5. The molecule has 0 aliphatic carbocycles. The van der Waals surface area contributed by atoms with Crippen LogP contribution in [0.3, 0.4) is 0 Å². The quantitative estimate of drug-likeness (QED) is 0.732. The van der Waals surface area contributed by atoms with E-state index in [4.69, 9.17) is 5.73 Å². The summed E-state index contributed by atoms with van der Waals surface area (Å²) in [4.78, 5) is 8.42. The Balaban J connectivity index is 2.03. The smallest absolute Gasteiger partial charge is 0.130 e. The lowest BCUT2D eigenvalue weighted by atomic mass is 10.1. The predicted octanol–water partition coefficient (Wildman–Crippen LogP) is 3.26. The second-order valence-electron chi connectivity index (χ2n) is 4.45. The van der Waals surface area contributed by atoms with Gasteiger partial charge in [-0.2, -0.15) is 0 Å². The number of hydrogen-bond acceptors (Lipinski definition) is 4. The fourth-order valence-electron chi connectivity index (χ4n) is 2.00. The number of aromatic nitrogens is 2. The number of nitrogen functional groups attached to an aromatic ring is 1. The number of fused-ring (bicyclic) bond motifs is 1. The summed E-state index contributed by atoms with van der Waals surface area (Å²) in [6.45, 7) is 1.97. The molecule has 0 aliphatic heterocycles. The summed E-state index contributed by atoms with van der Waals surface area (Å²) in [5.41, 5.74) is 8.50. The predicted molar refractivity (Wildman–Crippen MR) is 78.4 cm³/mol. The van der Waals surface area contributed by atoms with Gasteiger partial charge in [0, 0.05) is 28.9 Å². The van der Waals surface area contributed by atoms with Crippen molar-refractivity contribution in [1.29, 1.82) is 0 Å². The van der Waals surface area contributed by atoms with Gasteiger partial charge >= 0.3 is 0 Å². The van der Waals surface area contributed by atoms with Gasteiger partial charge in [0.05, 0.1) is 11.9 Å². The minimum atomic E-state index is 0.702. The van der Waals surface area contributed by atoms with Crippen LogP contribution in [0.5, 0.6) is 0 Å². The summed E-state index contributed by atoms with van der Waals surface area (Å²) in [5, 5.41) is 5.54. The molecule has 4 nitrogen and oxygen atoms in total. The first-order chi connectivity index (χ1) is 9.24. The van der Waals surface area contributed by atoms with E-state index < -0.39 is 0 Å². The Kier molecular flexibility index (Phi) is 2.76. The number of nitrogens with one attached hydrogen (secondary N) is 1. The second-order valence-corrected chi connectivity index (χ2v) is 4.45. The number of anilines is 3. The maximum atomic E-state index is 5.77. The van der Waals surface area contributed by atoms with Crippen LogP contribution in [0, 0.1) is 6.92 Å². The zero-order valence-electron chi connectivity index (χ0n) is 10.6. The van der Waals surface area contributed by atoms with Gasteiger partial charge in [-0.15, -0.1) is 0 Å². The van der Waals surface area contributed by atoms with Crippen molar-refractivity contribution in [2.24, 2.45) is 0 Å². The maximum Gasteiger partial charge on any atom is 0.130 e. The van der Waals surface area contributed by atoms with Crippen molar-refractivity contribution in [2.75, 3.05) is 11.1 Å². The van der Waals surface area contributed by atoms with Crippen molar-refractivity contribution in [2.45, 2.75) is 6.92 Å². The Morgan fingerprint density at radius 2 is 2.05 bits per heavy atom. The fourth-order valence-corrected chi connectivity index (χ4v) is 2.00. The van der Waals surface area contributed by atoms with E-state index in [-0.39, 0.29) is 0 Å². The molecule has 3 aromatic rings. The fraction of sp³-hybridized carbons (Fsp3) is 0.0667. The van der Waals surface area contributed by atoms with E-state index in [1.807, 2.05) is 43.5 Å². The standard InChI is InChI=1S/C15H14N4/c1-10-7-15(18-9-13(10)16)19-14-4-2-3-11-8-17-6-5-12(11)14/h2-9H,16H2,1H3,(H,18,19). The molecule has 0 saturated heterocycles. The van der Waals surface area contributed by atoms with Crippen LogP contribution in [0.25, 0.3) is 10.8 Å². The third-order valence-electron chi connectivity index (χ3n) is 3.09. The SMILES string of the molecule is Cc1cc(Nc2cccc3cnccc23)ncc1N. The van der Waals surface area contributed by atoms with Crippen molar-refractivity contribution >= 4 is 28.0 Å². The average molecular weight is 250 g/mol. The largest absolute Gasteiger partial charge is 0.397 e. The summed E-state index contributed by atoms with van der Waals surface area (Å²) in [6, 6.07) is 9.98. The van der Waals surface area contributed by atoms with Crippen LogP contribution < -0.4 is 11.1 Å². The highest BCUT2D eigenvalue weighted by Gasteiger charge is 2.03. The highest BCUT2D eigenvalue weighted by Crippen LogP contribution is 2.25. The lowest BCUT2D eigenvalue weighted by Gasteiger charge is -2.10. The first-order valence-electron chi connectivity index (χ1n) is 6.06. The molecule has 2 aromatic heterocycles. The number of rotatable bonds is 2. The molecule has 19 heavy (non-hydrogen) atoms. The molecule has 0 saturated carbocycles. The van der Waals surface area contributed by atoms with Crippen molar-refractivity contribution in [3.8, 4) is 0 Å². The molecule has 0 unspecified atom stereocenters. The second kappa shape index (κ2) is 4.57. The molecular weight excluding hydrogens is 236 g/mol. The summed E-state index contributed by atoms with van der Waals surface area (Å²) < 4.78 is 0. The number of hydrogen-bond donors (Lipinski definition) is 2. The van der Waals surface area contributed by atoms with Gasteiger partial charge < -0.3 is 11.1 Å². The van der Waals surface area contributed by atoms with E-state index in [2.05, 4.69) is 15.3 Å². The third kappa shape index (κ3) is 2.20. The molecule has 0 spiro atoms. The Bertz CT molecular complexity index is 732. The van der Waals surface area contributed by atoms with Gasteiger partial charge in [-0.05, 0) is 30.7 Å². The normalized spacial score (nSPS) is 10.6. The zero-order valence-corrected chi connectivity index (χ0v) is 10.6. The average Bonchev–Trinajstić information content (AvgIpc) is 2.43. The van der Waals surface area contributed by atoms with Crippen LogP contribution in [-0.4, -0.2) is 9.97 Å². The Hall–Kier alpha value is -2.62. The van der Waals surface area contributed by atoms with E-state index in [1.165, 1.54) is 0 Å². The molecule has 3 rings (SSSR count). The van der Waals surface area contributed by atoms with Gasteiger partial charge in [0.1, 0.15) is 5.82 Å². The van der Waals surface area contributed by atoms with Gasteiger partial charge in [0.25, 0.3) is 0 Å². The van der Waals surface area contributed by atoms with Crippen molar-refractivity contribution in [3.05, 3.63) is 54.5 Å². The van der Waals surface area contributed by atoms with E-state index in [1.54, 1.807) is 12.4 Å². The van der Waals surface area contributed by atoms with Crippen LogP contribution in [0.1, 0.15) is 5.56 Å². The van der Waals surface area contributed by atoms with Crippen LogP contribution in [0.4, 0.5) is 17.2 Å². The van der Waals surface area contributed by atoms with Crippen LogP contribution >= 0.6 is 0 Å².